The quantitative estimate of drug-likeness (QED) is 0.280. The summed E-state index contributed by atoms with van der Waals surface area (Å²) in [5, 5.41) is 11.4. The van der Waals surface area contributed by atoms with Crippen LogP contribution in [0.2, 0.25) is 0 Å². The van der Waals surface area contributed by atoms with Crippen molar-refractivity contribution in [3.63, 3.8) is 0 Å². The first-order valence-corrected chi connectivity index (χ1v) is 13.8. The molecular weight excluding hydrogens is 519 g/mol. The number of nitrogens with one attached hydrogen (secondary N) is 1. The number of piperidine rings is 1. The molecule has 6 nitrogen and oxygen atoms in total. The molecule has 2 heterocycles. The molecule has 1 amide bonds. The highest BCUT2D eigenvalue weighted by atomic mass is 19.2. The fourth-order valence-corrected chi connectivity index (χ4v) is 6.54. The summed E-state index contributed by atoms with van der Waals surface area (Å²) in [6.45, 7) is 0.788. The third-order valence-corrected chi connectivity index (χ3v) is 8.75. The number of H-pyrrole nitrogens is 1. The molecule has 2 aliphatic rings. The van der Waals surface area contributed by atoms with E-state index in [2.05, 4.69) is 29.4 Å². The summed E-state index contributed by atoms with van der Waals surface area (Å²) in [4.78, 5) is 32.1. The number of hydrogen-bond acceptors (Lipinski definition) is 3. The van der Waals surface area contributed by atoms with Crippen molar-refractivity contribution in [2.45, 2.75) is 56.5 Å². The van der Waals surface area contributed by atoms with Gasteiger partial charge in [0.25, 0.3) is 0 Å². The lowest BCUT2D eigenvalue weighted by Gasteiger charge is -2.42. The minimum atomic E-state index is -1.55. The summed E-state index contributed by atoms with van der Waals surface area (Å²) in [5.74, 6) is -5.00. The monoisotopic (exact) mass is 553 g/mol. The van der Waals surface area contributed by atoms with E-state index in [1.807, 2.05) is 18.0 Å². The van der Waals surface area contributed by atoms with Gasteiger partial charge in [-0.2, -0.15) is 0 Å². The molecule has 5 rings (SSSR count). The van der Waals surface area contributed by atoms with Crippen molar-refractivity contribution in [3.8, 4) is 0 Å². The highest BCUT2D eigenvalue weighted by Gasteiger charge is 2.38. The average molecular weight is 554 g/mol. The normalized spacial score (nSPS) is 21.4. The third-order valence-electron chi connectivity index (χ3n) is 8.75. The Bertz CT molecular complexity index is 1380. The molecule has 9 heteroatoms. The van der Waals surface area contributed by atoms with Gasteiger partial charge in [-0.3, -0.25) is 14.5 Å². The molecule has 1 aliphatic carbocycles. The second-order valence-corrected chi connectivity index (χ2v) is 11.0. The lowest BCUT2D eigenvalue weighted by molar-refractivity contribution is -0.147. The van der Waals surface area contributed by atoms with Gasteiger partial charge in [0.2, 0.25) is 5.91 Å². The van der Waals surface area contributed by atoms with Crippen LogP contribution in [0.3, 0.4) is 0 Å². The lowest BCUT2D eigenvalue weighted by Crippen LogP contribution is -2.52. The molecular formula is C31H34F3N3O3. The maximum Gasteiger partial charge on any atom is 0.321 e. The molecule has 2 N–H and O–H groups in total. The third kappa shape index (κ3) is 5.80. The van der Waals surface area contributed by atoms with E-state index in [9.17, 15) is 27.9 Å². The average Bonchev–Trinajstić information content (AvgIpc) is 3.39. The Morgan fingerprint density at radius 3 is 2.33 bits per heavy atom. The van der Waals surface area contributed by atoms with Gasteiger partial charge in [-0.1, -0.05) is 18.2 Å². The number of benzene rings is 2. The van der Waals surface area contributed by atoms with Crippen LogP contribution in [0.25, 0.3) is 17.0 Å². The fourth-order valence-electron chi connectivity index (χ4n) is 6.54. The molecule has 2 aromatic carbocycles. The number of carboxylic acids is 1. The number of aromatic nitrogens is 1. The number of carbonyl (C=O) groups is 2. The fraction of sp³-hybridized carbons (Fsp3) is 0.419. The summed E-state index contributed by atoms with van der Waals surface area (Å²) < 4.78 is 40.1. The van der Waals surface area contributed by atoms with E-state index in [4.69, 9.17) is 0 Å². The van der Waals surface area contributed by atoms with E-state index in [0.717, 1.165) is 43.3 Å². The van der Waals surface area contributed by atoms with Crippen molar-refractivity contribution in [3.05, 3.63) is 77.2 Å². The molecule has 212 valence electrons. The number of amides is 1. The molecule has 40 heavy (non-hydrogen) atoms. The molecule has 0 bridgehead atoms. The zero-order valence-electron chi connectivity index (χ0n) is 22.5. The van der Waals surface area contributed by atoms with Crippen LogP contribution in [0.4, 0.5) is 13.2 Å². The van der Waals surface area contributed by atoms with Gasteiger partial charge in [-0.05, 0) is 92.8 Å². The van der Waals surface area contributed by atoms with Gasteiger partial charge in [-0.15, -0.1) is 0 Å². The highest BCUT2D eigenvalue weighted by molar-refractivity contribution is 5.91. The molecule has 1 unspecified atom stereocenters. The molecule has 2 fully saturated rings. The minimum Gasteiger partial charge on any atom is -0.480 e. The maximum atomic E-state index is 13.4. The highest BCUT2D eigenvalue weighted by Crippen LogP contribution is 2.39. The molecule has 1 aromatic heterocycles. The van der Waals surface area contributed by atoms with Crippen LogP contribution >= 0.6 is 0 Å². The Morgan fingerprint density at radius 1 is 1.02 bits per heavy atom. The molecule has 3 aromatic rings. The Balaban J connectivity index is 1.16. The number of rotatable bonds is 7. The van der Waals surface area contributed by atoms with E-state index < -0.39 is 29.5 Å². The predicted octanol–water partition coefficient (Wildman–Crippen LogP) is 5.95. The summed E-state index contributed by atoms with van der Waals surface area (Å²) in [7, 11) is 1.91. The Kier molecular flexibility index (Phi) is 8.30. The van der Waals surface area contributed by atoms with Gasteiger partial charge in [0.05, 0.1) is 0 Å². The van der Waals surface area contributed by atoms with Gasteiger partial charge in [-0.25, -0.2) is 13.2 Å². The second-order valence-electron chi connectivity index (χ2n) is 11.0. The van der Waals surface area contributed by atoms with Crippen molar-refractivity contribution in [2.24, 2.45) is 5.92 Å². The van der Waals surface area contributed by atoms with Gasteiger partial charge < -0.3 is 15.0 Å². The molecule has 1 saturated carbocycles. The zero-order valence-corrected chi connectivity index (χ0v) is 22.5. The number of carboxylic acid groups (broad SMARTS) is 1. The first-order valence-electron chi connectivity index (χ1n) is 13.8. The first kappa shape index (κ1) is 28.0. The summed E-state index contributed by atoms with van der Waals surface area (Å²) in [5.41, 5.74) is 2.53. The number of likely N-dealkylation sites (N-methyl/N-ethyl adjacent to an activating group) is 1. The Hall–Kier alpha value is -3.59. The van der Waals surface area contributed by atoms with Gasteiger partial charge in [0.15, 0.2) is 17.5 Å². The van der Waals surface area contributed by atoms with Crippen molar-refractivity contribution < 1.29 is 27.9 Å². The minimum absolute atomic E-state index is 0.0478. The Morgan fingerprint density at radius 2 is 1.68 bits per heavy atom. The molecule has 1 atom stereocenters. The lowest BCUT2D eigenvalue weighted by atomic mass is 9.80. The number of halogens is 3. The number of fused-ring (bicyclic) bond motifs is 1. The van der Waals surface area contributed by atoms with Gasteiger partial charge in [0, 0.05) is 42.3 Å². The van der Waals surface area contributed by atoms with Crippen LogP contribution in [0.1, 0.15) is 55.6 Å². The second kappa shape index (κ2) is 11.9. The smallest absolute Gasteiger partial charge is 0.321 e. The van der Waals surface area contributed by atoms with Crippen LogP contribution in [0.15, 0.2) is 48.7 Å². The molecule has 1 aliphatic heterocycles. The number of nitrogens with zero attached hydrogens (tertiary/aromatic N) is 2. The zero-order chi connectivity index (χ0) is 28.4. The summed E-state index contributed by atoms with van der Waals surface area (Å²) in [6.07, 6.45) is 9.53. The van der Waals surface area contributed by atoms with Crippen LogP contribution in [0.5, 0.6) is 0 Å². The largest absolute Gasteiger partial charge is 0.480 e. The number of hydrogen-bond donors (Lipinski definition) is 2. The van der Waals surface area contributed by atoms with Crippen LogP contribution in [-0.2, 0) is 9.59 Å². The van der Waals surface area contributed by atoms with Crippen molar-refractivity contribution >= 4 is 28.9 Å². The van der Waals surface area contributed by atoms with Crippen LogP contribution in [-0.4, -0.2) is 64.0 Å². The van der Waals surface area contributed by atoms with Crippen molar-refractivity contribution in [1.29, 1.82) is 0 Å². The standard InChI is InChI=1S/C31H34F3N3O3/c1-36(22-9-7-20(8-10-22)24-18-35-27-5-3-2-4-23(24)27)30(31(39)40)21-12-14-37(15-13-21)28(38)11-6-19-16-25(32)29(34)26(33)17-19/h2-6,11,16-18,20-22,30,35H,7-10,12-15H2,1H3,(H,39,40)/b11-6+. The Labute approximate surface area is 231 Å². The van der Waals surface area contributed by atoms with Crippen LogP contribution in [0, 0.1) is 23.4 Å². The number of aromatic amines is 1. The number of likely N-dealkylation sites (tertiary alicyclic amines) is 1. The van der Waals surface area contributed by atoms with E-state index in [0.29, 0.717) is 31.8 Å². The topological polar surface area (TPSA) is 76.6 Å². The van der Waals surface area contributed by atoms with E-state index in [-0.39, 0.29) is 23.4 Å². The van der Waals surface area contributed by atoms with Gasteiger partial charge in [0.1, 0.15) is 6.04 Å². The molecule has 1 saturated heterocycles. The van der Waals surface area contributed by atoms with Crippen molar-refractivity contribution in [1.82, 2.24) is 14.8 Å². The summed E-state index contributed by atoms with van der Waals surface area (Å²) in [6, 6.07) is 9.52. The van der Waals surface area contributed by atoms with Crippen molar-refractivity contribution in [2.75, 3.05) is 20.1 Å². The number of aliphatic carboxylic acids is 1. The maximum absolute atomic E-state index is 13.4. The SMILES string of the molecule is CN(C1CCC(c2c[nH]c3ccccc23)CC1)C(C(=O)O)C1CCN(C(=O)/C=C/c2cc(F)c(F)c(F)c2)CC1. The predicted molar refractivity (Wildman–Crippen MR) is 147 cm³/mol. The summed E-state index contributed by atoms with van der Waals surface area (Å²) >= 11 is 0. The molecule has 0 spiro atoms. The molecule has 0 radical (unpaired) electrons. The van der Waals surface area contributed by atoms with E-state index >= 15 is 0 Å². The van der Waals surface area contributed by atoms with Gasteiger partial charge >= 0.3 is 5.97 Å². The number of para-hydroxylation sites is 1. The first-order chi connectivity index (χ1) is 19.2. The number of carbonyl (C=O) groups excluding carboxylic acids is 1. The van der Waals surface area contributed by atoms with Crippen LogP contribution < -0.4 is 0 Å². The van der Waals surface area contributed by atoms with E-state index in [1.54, 1.807) is 4.90 Å². The van der Waals surface area contributed by atoms with E-state index in [1.165, 1.54) is 23.1 Å².